The number of nitrogens with zero attached hydrogens (tertiary/aromatic N) is 2. The van der Waals surface area contributed by atoms with Crippen LogP contribution in [0.4, 0.5) is 0 Å². The third-order valence-electron chi connectivity index (χ3n) is 2.12. The molecule has 4 nitrogen and oxygen atoms in total. The van der Waals surface area contributed by atoms with Crippen LogP contribution < -0.4 is 10.1 Å². The van der Waals surface area contributed by atoms with Gasteiger partial charge in [-0.3, -0.25) is 4.98 Å². The molecule has 0 atom stereocenters. The summed E-state index contributed by atoms with van der Waals surface area (Å²) in [5.74, 6) is 0.645. The molecule has 0 fully saturated rings. The Balaban J connectivity index is 1.81. The number of nitrogens with one attached hydrogen (secondary N) is 1. The fraction of sp³-hybridized carbons (Fsp3) is 0.273. The van der Waals surface area contributed by atoms with Gasteiger partial charge in [-0.1, -0.05) is 6.07 Å². The third kappa shape index (κ3) is 3.01. The lowest BCUT2D eigenvalue weighted by Gasteiger charge is -2.03. The zero-order valence-corrected chi connectivity index (χ0v) is 9.83. The minimum atomic E-state index is 0.645. The van der Waals surface area contributed by atoms with E-state index in [9.17, 15) is 0 Å². The normalized spacial score (nSPS) is 10.3. The monoisotopic (exact) mass is 235 g/mol. The molecular formula is C11H13N3OS. The minimum absolute atomic E-state index is 0.645. The predicted octanol–water partition coefficient (Wildman–Crippen LogP) is 1.84. The zero-order chi connectivity index (χ0) is 11.2. The summed E-state index contributed by atoms with van der Waals surface area (Å²) >= 11 is 1.65. The van der Waals surface area contributed by atoms with Gasteiger partial charge in [-0.15, -0.1) is 11.3 Å². The molecule has 5 heteroatoms. The summed E-state index contributed by atoms with van der Waals surface area (Å²) in [4.78, 5) is 9.40. The molecule has 0 saturated carbocycles. The Morgan fingerprint density at radius 2 is 2.25 bits per heavy atom. The number of methoxy groups -OCH3 is 1. The Bertz CT molecular complexity index is 413. The summed E-state index contributed by atoms with van der Waals surface area (Å²) in [6.45, 7) is 1.64. The van der Waals surface area contributed by atoms with Crippen molar-refractivity contribution in [2.24, 2.45) is 0 Å². The molecule has 2 rings (SSSR count). The molecule has 0 aromatic carbocycles. The van der Waals surface area contributed by atoms with E-state index in [4.69, 9.17) is 4.74 Å². The molecule has 1 N–H and O–H groups in total. The molecule has 2 aromatic rings. The van der Waals surface area contributed by atoms with Crippen molar-refractivity contribution in [3.05, 3.63) is 40.5 Å². The van der Waals surface area contributed by atoms with Crippen molar-refractivity contribution in [3.63, 3.8) is 0 Å². The summed E-state index contributed by atoms with van der Waals surface area (Å²) in [5, 5.41) is 3.33. The van der Waals surface area contributed by atoms with Crippen LogP contribution in [0.25, 0.3) is 0 Å². The molecule has 0 amide bonds. The van der Waals surface area contributed by atoms with Crippen molar-refractivity contribution in [3.8, 4) is 5.88 Å². The van der Waals surface area contributed by atoms with Crippen molar-refractivity contribution in [2.45, 2.75) is 13.1 Å². The standard InChI is InChI=1S/C11H13N3OS/c1-15-11-3-2-9(5-14-11)4-12-6-10-7-13-8-16-10/h2-3,5,7-8,12H,4,6H2,1H3. The molecule has 0 aliphatic carbocycles. The molecule has 2 heterocycles. The van der Waals surface area contributed by atoms with E-state index < -0.39 is 0 Å². The number of hydrogen-bond acceptors (Lipinski definition) is 5. The smallest absolute Gasteiger partial charge is 0.212 e. The second-order valence-electron chi connectivity index (χ2n) is 3.28. The van der Waals surface area contributed by atoms with Crippen LogP contribution in [0.15, 0.2) is 30.0 Å². The minimum Gasteiger partial charge on any atom is -0.481 e. The van der Waals surface area contributed by atoms with Crippen LogP contribution in [0.1, 0.15) is 10.4 Å². The van der Waals surface area contributed by atoms with Gasteiger partial charge in [0.05, 0.1) is 12.6 Å². The summed E-state index contributed by atoms with van der Waals surface area (Å²) in [6.07, 6.45) is 3.70. The van der Waals surface area contributed by atoms with Gasteiger partial charge >= 0.3 is 0 Å². The van der Waals surface area contributed by atoms with Gasteiger partial charge < -0.3 is 10.1 Å². The molecule has 0 bridgehead atoms. The van der Waals surface area contributed by atoms with Crippen LogP contribution >= 0.6 is 11.3 Å². The topological polar surface area (TPSA) is 47.0 Å². The quantitative estimate of drug-likeness (QED) is 0.859. The maximum absolute atomic E-state index is 4.99. The lowest BCUT2D eigenvalue weighted by Crippen LogP contribution is -2.11. The van der Waals surface area contributed by atoms with Crippen molar-refractivity contribution in [1.29, 1.82) is 0 Å². The Hall–Kier alpha value is -1.46. The first-order chi connectivity index (χ1) is 7.88. The van der Waals surface area contributed by atoms with Crippen molar-refractivity contribution in [1.82, 2.24) is 15.3 Å². The third-order valence-corrected chi connectivity index (χ3v) is 2.90. The van der Waals surface area contributed by atoms with Crippen molar-refractivity contribution in [2.75, 3.05) is 7.11 Å². The number of ether oxygens (including phenoxy) is 1. The van der Waals surface area contributed by atoms with Gasteiger partial charge in [0.2, 0.25) is 5.88 Å². The van der Waals surface area contributed by atoms with E-state index in [-0.39, 0.29) is 0 Å². The number of rotatable bonds is 5. The van der Waals surface area contributed by atoms with Gasteiger partial charge in [0, 0.05) is 36.4 Å². The predicted molar refractivity (Wildman–Crippen MR) is 63.4 cm³/mol. The Morgan fingerprint density at radius 3 is 2.88 bits per heavy atom. The fourth-order valence-corrected chi connectivity index (χ4v) is 1.86. The highest BCUT2D eigenvalue weighted by Gasteiger charge is 1.97. The van der Waals surface area contributed by atoms with Crippen molar-refractivity contribution >= 4 is 11.3 Å². The SMILES string of the molecule is COc1ccc(CNCc2cncs2)cn1. The summed E-state index contributed by atoms with van der Waals surface area (Å²) in [6, 6.07) is 3.87. The van der Waals surface area contributed by atoms with Crippen LogP contribution in [0.3, 0.4) is 0 Å². The highest BCUT2D eigenvalue weighted by Crippen LogP contribution is 2.07. The van der Waals surface area contributed by atoms with E-state index in [1.165, 1.54) is 4.88 Å². The molecular weight excluding hydrogens is 222 g/mol. The van der Waals surface area contributed by atoms with Crippen LogP contribution in [-0.2, 0) is 13.1 Å². The lowest BCUT2D eigenvalue weighted by molar-refractivity contribution is 0.397. The first-order valence-electron chi connectivity index (χ1n) is 4.95. The molecule has 0 unspecified atom stereocenters. The number of hydrogen-bond donors (Lipinski definition) is 1. The van der Waals surface area contributed by atoms with E-state index in [0.29, 0.717) is 5.88 Å². The maximum atomic E-state index is 4.99. The lowest BCUT2D eigenvalue weighted by atomic mass is 10.3. The largest absolute Gasteiger partial charge is 0.481 e. The van der Waals surface area contributed by atoms with Gasteiger partial charge in [-0.2, -0.15) is 0 Å². The molecule has 0 aliphatic heterocycles. The average Bonchev–Trinajstić information content (AvgIpc) is 2.83. The first kappa shape index (κ1) is 11.0. The molecule has 0 saturated heterocycles. The zero-order valence-electron chi connectivity index (χ0n) is 9.01. The average molecular weight is 235 g/mol. The number of thiazole rings is 1. The second-order valence-corrected chi connectivity index (χ2v) is 4.25. The Labute approximate surface area is 98.3 Å². The maximum Gasteiger partial charge on any atom is 0.212 e. The summed E-state index contributed by atoms with van der Waals surface area (Å²) in [5.41, 5.74) is 2.98. The summed E-state index contributed by atoms with van der Waals surface area (Å²) in [7, 11) is 1.62. The van der Waals surface area contributed by atoms with Gasteiger partial charge in [0.1, 0.15) is 0 Å². The van der Waals surface area contributed by atoms with Crippen LogP contribution in [-0.4, -0.2) is 17.1 Å². The molecule has 84 valence electrons. The fourth-order valence-electron chi connectivity index (χ4n) is 1.30. The second kappa shape index (κ2) is 5.58. The molecule has 16 heavy (non-hydrogen) atoms. The van der Waals surface area contributed by atoms with Gasteiger partial charge in [0.15, 0.2) is 0 Å². The van der Waals surface area contributed by atoms with Crippen molar-refractivity contribution < 1.29 is 4.74 Å². The van der Waals surface area contributed by atoms with E-state index >= 15 is 0 Å². The van der Waals surface area contributed by atoms with E-state index in [1.807, 2.05) is 30.0 Å². The van der Waals surface area contributed by atoms with Crippen LogP contribution in [0.2, 0.25) is 0 Å². The molecule has 0 radical (unpaired) electrons. The van der Waals surface area contributed by atoms with E-state index in [2.05, 4.69) is 15.3 Å². The van der Waals surface area contributed by atoms with Crippen LogP contribution in [0.5, 0.6) is 5.88 Å². The highest BCUT2D eigenvalue weighted by atomic mass is 32.1. The van der Waals surface area contributed by atoms with Gasteiger partial charge in [-0.05, 0) is 5.56 Å². The van der Waals surface area contributed by atoms with Gasteiger partial charge in [0.25, 0.3) is 0 Å². The Morgan fingerprint density at radius 1 is 1.31 bits per heavy atom. The van der Waals surface area contributed by atoms with E-state index in [0.717, 1.165) is 18.7 Å². The Kier molecular flexibility index (Phi) is 3.85. The van der Waals surface area contributed by atoms with Crippen LogP contribution in [0, 0.1) is 0 Å². The first-order valence-corrected chi connectivity index (χ1v) is 5.83. The molecule has 0 aliphatic rings. The number of aromatic nitrogens is 2. The van der Waals surface area contributed by atoms with Gasteiger partial charge in [-0.25, -0.2) is 4.98 Å². The highest BCUT2D eigenvalue weighted by molar-refractivity contribution is 7.09. The van der Waals surface area contributed by atoms with E-state index in [1.54, 1.807) is 18.4 Å². The number of pyridine rings is 1. The molecule has 2 aromatic heterocycles. The molecule has 0 spiro atoms. The summed E-state index contributed by atoms with van der Waals surface area (Å²) < 4.78 is 4.99.